The first-order valence-electron chi connectivity index (χ1n) is 6.97. The predicted molar refractivity (Wildman–Crippen MR) is 76.3 cm³/mol. The van der Waals surface area contributed by atoms with Crippen LogP contribution in [0.15, 0.2) is 18.2 Å². The van der Waals surface area contributed by atoms with Crippen LogP contribution < -0.4 is 5.73 Å². The molecular formula is C15H24FN3. The van der Waals surface area contributed by atoms with Gasteiger partial charge in [0.05, 0.1) is 0 Å². The maximum absolute atomic E-state index is 14.1. The molecule has 3 nitrogen and oxygen atoms in total. The van der Waals surface area contributed by atoms with Gasteiger partial charge in [0.25, 0.3) is 0 Å². The smallest absolute Gasteiger partial charge is 0.132 e. The predicted octanol–water partition coefficient (Wildman–Crippen LogP) is 1.81. The van der Waals surface area contributed by atoms with Gasteiger partial charge in [0.1, 0.15) is 5.82 Å². The van der Waals surface area contributed by atoms with E-state index < -0.39 is 0 Å². The maximum atomic E-state index is 14.1. The lowest BCUT2D eigenvalue weighted by molar-refractivity contribution is 0.139. The molecule has 1 fully saturated rings. The van der Waals surface area contributed by atoms with Crippen molar-refractivity contribution in [2.45, 2.75) is 32.0 Å². The summed E-state index contributed by atoms with van der Waals surface area (Å²) in [6.07, 6.45) is 2.32. The molecule has 1 heterocycles. The van der Waals surface area contributed by atoms with Gasteiger partial charge in [0.15, 0.2) is 0 Å². The molecule has 0 aliphatic carbocycles. The standard InChI is InChI=1S/C15H24FN3/c1-18(2)14-6-8-19(9-7-14)11-13-5-3-4-12(10-17)15(13)16/h3-5,14H,6-11,17H2,1-2H3. The number of nitrogens with two attached hydrogens (primary N) is 1. The van der Waals surface area contributed by atoms with Crippen LogP contribution in [-0.2, 0) is 13.1 Å². The summed E-state index contributed by atoms with van der Waals surface area (Å²) < 4.78 is 14.1. The fourth-order valence-electron chi connectivity index (χ4n) is 2.75. The Morgan fingerprint density at radius 3 is 2.47 bits per heavy atom. The van der Waals surface area contributed by atoms with Gasteiger partial charge in [0, 0.05) is 30.3 Å². The van der Waals surface area contributed by atoms with Crippen LogP contribution in [-0.4, -0.2) is 43.0 Å². The van der Waals surface area contributed by atoms with Crippen LogP contribution in [0.1, 0.15) is 24.0 Å². The van der Waals surface area contributed by atoms with Crippen molar-refractivity contribution >= 4 is 0 Å². The SMILES string of the molecule is CN(C)C1CCN(Cc2cccc(CN)c2F)CC1. The van der Waals surface area contributed by atoms with E-state index in [1.54, 1.807) is 6.07 Å². The van der Waals surface area contributed by atoms with E-state index in [1.807, 2.05) is 12.1 Å². The van der Waals surface area contributed by atoms with Gasteiger partial charge >= 0.3 is 0 Å². The minimum Gasteiger partial charge on any atom is -0.326 e. The molecule has 0 saturated carbocycles. The van der Waals surface area contributed by atoms with Crippen molar-refractivity contribution in [3.63, 3.8) is 0 Å². The third-order valence-corrected chi connectivity index (χ3v) is 4.06. The van der Waals surface area contributed by atoms with Crippen LogP contribution in [0, 0.1) is 5.82 Å². The normalized spacial score (nSPS) is 18.2. The largest absolute Gasteiger partial charge is 0.326 e. The molecule has 1 saturated heterocycles. The van der Waals surface area contributed by atoms with Gasteiger partial charge < -0.3 is 10.6 Å². The fourth-order valence-corrected chi connectivity index (χ4v) is 2.75. The quantitative estimate of drug-likeness (QED) is 0.901. The van der Waals surface area contributed by atoms with Crippen molar-refractivity contribution in [2.75, 3.05) is 27.2 Å². The topological polar surface area (TPSA) is 32.5 Å². The molecule has 0 spiro atoms. The second-order valence-corrected chi connectivity index (χ2v) is 5.57. The molecule has 1 aliphatic heterocycles. The highest BCUT2D eigenvalue weighted by molar-refractivity contribution is 5.25. The van der Waals surface area contributed by atoms with Crippen LogP contribution in [0.4, 0.5) is 4.39 Å². The zero-order valence-electron chi connectivity index (χ0n) is 11.9. The average molecular weight is 265 g/mol. The number of hydrogen-bond acceptors (Lipinski definition) is 3. The number of halogens is 1. The summed E-state index contributed by atoms with van der Waals surface area (Å²) in [5.41, 5.74) is 6.93. The monoisotopic (exact) mass is 265 g/mol. The molecule has 1 aliphatic rings. The van der Waals surface area contributed by atoms with Crippen molar-refractivity contribution in [1.82, 2.24) is 9.80 Å². The molecule has 0 atom stereocenters. The van der Waals surface area contributed by atoms with Gasteiger partial charge in [-0.25, -0.2) is 4.39 Å². The van der Waals surface area contributed by atoms with Crippen molar-refractivity contribution in [3.05, 3.63) is 35.1 Å². The van der Waals surface area contributed by atoms with E-state index in [-0.39, 0.29) is 12.4 Å². The van der Waals surface area contributed by atoms with Gasteiger partial charge in [-0.3, -0.25) is 4.90 Å². The highest BCUT2D eigenvalue weighted by atomic mass is 19.1. The summed E-state index contributed by atoms with van der Waals surface area (Å²) in [5, 5.41) is 0. The van der Waals surface area contributed by atoms with Crippen LogP contribution in [0.2, 0.25) is 0 Å². The molecule has 2 N–H and O–H groups in total. The number of benzene rings is 1. The highest BCUT2D eigenvalue weighted by Crippen LogP contribution is 2.19. The van der Waals surface area contributed by atoms with Crippen LogP contribution in [0.25, 0.3) is 0 Å². The molecule has 0 aromatic heterocycles. The van der Waals surface area contributed by atoms with Gasteiger partial charge in [0.2, 0.25) is 0 Å². The zero-order valence-corrected chi connectivity index (χ0v) is 11.9. The highest BCUT2D eigenvalue weighted by Gasteiger charge is 2.21. The molecule has 0 amide bonds. The van der Waals surface area contributed by atoms with Gasteiger partial charge in [-0.2, -0.15) is 0 Å². The third-order valence-electron chi connectivity index (χ3n) is 4.06. The molecule has 0 bridgehead atoms. The number of nitrogens with zero attached hydrogens (tertiary/aromatic N) is 2. The second kappa shape index (κ2) is 6.46. The van der Waals surface area contributed by atoms with E-state index in [2.05, 4.69) is 23.9 Å². The van der Waals surface area contributed by atoms with E-state index in [4.69, 9.17) is 5.73 Å². The van der Waals surface area contributed by atoms with E-state index in [9.17, 15) is 4.39 Å². The van der Waals surface area contributed by atoms with E-state index in [0.29, 0.717) is 18.2 Å². The Kier molecular flexibility index (Phi) is 4.91. The van der Waals surface area contributed by atoms with Crippen LogP contribution in [0.3, 0.4) is 0 Å². The molecular weight excluding hydrogens is 241 g/mol. The van der Waals surface area contributed by atoms with Crippen molar-refractivity contribution in [3.8, 4) is 0 Å². The summed E-state index contributed by atoms with van der Waals surface area (Å²) in [6, 6.07) is 6.19. The molecule has 0 radical (unpaired) electrons. The third kappa shape index (κ3) is 3.53. The zero-order chi connectivity index (χ0) is 13.8. The number of rotatable bonds is 4. The maximum Gasteiger partial charge on any atom is 0.132 e. The molecule has 106 valence electrons. The van der Waals surface area contributed by atoms with Gasteiger partial charge in [-0.15, -0.1) is 0 Å². The molecule has 0 unspecified atom stereocenters. The first kappa shape index (κ1) is 14.4. The molecule has 1 aromatic carbocycles. The van der Waals surface area contributed by atoms with Gasteiger partial charge in [-0.05, 0) is 40.0 Å². The Hall–Kier alpha value is -0.970. The van der Waals surface area contributed by atoms with E-state index in [1.165, 1.54) is 0 Å². The number of piperidine rings is 1. The number of hydrogen-bond donors (Lipinski definition) is 1. The Morgan fingerprint density at radius 2 is 1.89 bits per heavy atom. The first-order chi connectivity index (χ1) is 9.11. The van der Waals surface area contributed by atoms with E-state index in [0.717, 1.165) is 31.5 Å². The second-order valence-electron chi connectivity index (χ2n) is 5.57. The van der Waals surface area contributed by atoms with Gasteiger partial charge in [-0.1, -0.05) is 18.2 Å². The first-order valence-corrected chi connectivity index (χ1v) is 6.97. The fraction of sp³-hybridized carbons (Fsp3) is 0.600. The lowest BCUT2D eigenvalue weighted by Crippen LogP contribution is -2.41. The lowest BCUT2D eigenvalue weighted by Gasteiger charge is -2.35. The van der Waals surface area contributed by atoms with Crippen molar-refractivity contribution in [1.29, 1.82) is 0 Å². The molecule has 4 heteroatoms. The lowest BCUT2D eigenvalue weighted by atomic mass is 10.0. The van der Waals surface area contributed by atoms with E-state index >= 15 is 0 Å². The summed E-state index contributed by atoms with van der Waals surface area (Å²) in [6.45, 7) is 3.03. The van der Waals surface area contributed by atoms with Crippen molar-refractivity contribution < 1.29 is 4.39 Å². The molecule has 19 heavy (non-hydrogen) atoms. The number of likely N-dealkylation sites (tertiary alicyclic amines) is 1. The van der Waals surface area contributed by atoms with Crippen molar-refractivity contribution in [2.24, 2.45) is 5.73 Å². The molecule has 2 rings (SSSR count). The summed E-state index contributed by atoms with van der Waals surface area (Å²) >= 11 is 0. The Labute approximate surface area is 115 Å². The van der Waals surface area contributed by atoms with Crippen LogP contribution in [0.5, 0.6) is 0 Å². The Balaban J connectivity index is 1.96. The average Bonchev–Trinajstić information content (AvgIpc) is 2.42. The van der Waals surface area contributed by atoms with Crippen LogP contribution >= 0.6 is 0 Å². The summed E-state index contributed by atoms with van der Waals surface area (Å²) in [4.78, 5) is 4.62. The molecule has 1 aromatic rings. The summed E-state index contributed by atoms with van der Waals surface area (Å²) in [7, 11) is 4.26. The minimum absolute atomic E-state index is 0.125. The Bertz CT molecular complexity index is 412. The minimum atomic E-state index is -0.125. The summed E-state index contributed by atoms with van der Waals surface area (Å²) in [5.74, 6) is -0.125. The Morgan fingerprint density at radius 1 is 1.26 bits per heavy atom.